The average Bonchev–Trinajstić information content (AvgIpc) is 2.85. The second kappa shape index (κ2) is 10.8. The molecule has 0 spiro atoms. The molecule has 1 aliphatic rings. The quantitative estimate of drug-likeness (QED) is 0.456. The monoisotopic (exact) mass is 426 g/mol. The fourth-order valence-electron chi connectivity index (χ4n) is 3.91. The van der Waals surface area contributed by atoms with E-state index in [-0.39, 0.29) is 5.91 Å². The molecule has 1 heterocycles. The molecule has 164 valence electrons. The van der Waals surface area contributed by atoms with Gasteiger partial charge in [-0.15, -0.1) is 0 Å². The van der Waals surface area contributed by atoms with Crippen LogP contribution in [-0.2, 0) is 13.1 Å². The molecular weight excluding hydrogens is 396 g/mol. The van der Waals surface area contributed by atoms with Crippen LogP contribution in [0.2, 0.25) is 0 Å². The lowest BCUT2D eigenvalue weighted by Crippen LogP contribution is -2.45. The first kappa shape index (κ1) is 21.9. The van der Waals surface area contributed by atoms with Crippen LogP contribution in [0, 0.1) is 0 Å². The van der Waals surface area contributed by atoms with Gasteiger partial charge in [0.1, 0.15) is 0 Å². The van der Waals surface area contributed by atoms with Crippen molar-refractivity contribution in [2.45, 2.75) is 20.0 Å². The van der Waals surface area contributed by atoms with E-state index in [1.54, 1.807) is 0 Å². The van der Waals surface area contributed by atoms with E-state index in [0.29, 0.717) is 5.56 Å². The zero-order chi connectivity index (χ0) is 22.2. The molecule has 1 N–H and O–H groups in total. The molecule has 4 rings (SSSR count). The number of rotatable bonds is 7. The van der Waals surface area contributed by atoms with Crippen molar-refractivity contribution in [3.05, 3.63) is 107 Å². The molecule has 0 saturated carbocycles. The van der Waals surface area contributed by atoms with Crippen molar-refractivity contribution in [2.75, 3.05) is 26.2 Å². The van der Waals surface area contributed by atoms with Gasteiger partial charge in [0, 0.05) is 44.8 Å². The zero-order valence-corrected chi connectivity index (χ0v) is 18.6. The average molecular weight is 427 g/mol. The van der Waals surface area contributed by atoms with Gasteiger partial charge in [0.15, 0.2) is 0 Å². The van der Waals surface area contributed by atoms with Crippen LogP contribution in [0.4, 0.5) is 0 Å². The summed E-state index contributed by atoms with van der Waals surface area (Å²) in [5.74, 6) is -0.193. The van der Waals surface area contributed by atoms with Crippen LogP contribution in [0.1, 0.15) is 34.0 Å². The van der Waals surface area contributed by atoms with Crippen LogP contribution in [-0.4, -0.2) is 47.6 Å². The minimum absolute atomic E-state index is 0.193. The summed E-state index contributed by atoms with van der Waals surface area (Å²) in [6.07, 6.45) is 0. The molecule has 0 unspecified atom stereocenters. The number of carbonyl (C=O) groups is 1. The van der Waals surface area contributed by atoms with E-state index in [9.17, 15) is 4.79 Å². The minimum atomic E-state index is -0.193. The van der Waals surface area contributed by atoms with Gasteiger partial charge < -0.3 is 0 Å². The van der Waals surface area contributed by atoms with Crippen molar-refractivity contribution in [3.8, 4) is 0 Å². The molecular formula is C27H30N4O. The van der Waals surface area contributed by atoms with Crippen LogP contribution in [0.15, 0.2) is 90.0 Å². The number of amides is 1. The van der Waals surface area contributed by atoms with Crippen LogP contribution in [0.25, 0.3) is 0 Å². The van der Waals surface area contributed by atoms with E-state index < -0.39 is 0 Å². The van der Waals surface area contributed by atoms with Gasteiger partial charge in [-0.2, -0.15) is 5.10 Å². The van der Waals surface area contributed by atoms with Gasteiger partial charge in [-0.25, -0.2) is 5.43 Å². The third kappa shape index (κ3) is 6.13. The third-order valence-corrected chi connectivity index (χ3v) is 5.85. The molecule has 0 bridgehead atoms. The van der Waals surface area contributed by atoms with Crippen LogP contribution < -0.4 is 5.43 Å². The van der Waals surface area contributed by atoms with Crippen LogP contribution in [0.3, 0.4) is 0 Å². The molecule has 1 amide bonds. The van der Waals surface area contributed by atoms with Gasteiger partial charge >= 0.3 is 0 Å². The fraction of sp³-hybridized carbons (Fsp3) is 0.259. The normalized spacial score (nSPS) is 15.5. The number of hydrogen-bond acceptors (Lipinski definition) is 4. The number of nitrogens with one attached hydrogen (secondary N) is 1. The van der Waals surface area contributed by atoms with Crippen molar-refractivity contribution in [3.63, 3.8) is 0 Å². The van der Waals surface area contributed by atoms with E-state index in [1.807, 2.05) is 61.5 Å². The topological polar surface area (TPSA) is 47.9 Å². The molecule has 5 heteroatoms. The Labute approximate surface area is 190 Å². The highest BCUT2D eigenvalue weighted by Crippen LogP contribution is 2.12. The lowest BCUT2D eigenvalue weighted by Gasteiger charge is -2.34. The number of nitrogens with zero attached hydrogens (tertiary/aromatic N) is 3. The van der Waals surface area contributed by atoms with Gasteiger partial charge in [0.05, 0.1) is 5.71 Å². The van der Waals surface area contributed by atoms with Crippen molar-refractivity contribution >= 4 is 11.6 Å². The fourth-order valence-corrected chi connectivity index (χ4v) is 3.91. The highest BCUT2D eigenvalue weighted by molar-refractivity contribution is 6.00. The largest absolute Gasteiger partial charge is 0.297 e. The Bertz CT molecular complexity index is 1020. The van der Waals surface area contributed by atoms with Crippen molar-refractivity contribution < 1.29 is 4.79 Å². The minimum Gasteiger partial charge on any atom is -0.297 e. The maximum atomic E-state index is 12.4. The smallest absolute Gasteiger partial charge is 0.271 e. The first-order valence-electron chi connectivity index (χ1n) is 11.1. The van der Waals surface area contributed by atoms with Crippen LogP contribution >= 0.6 is 0 Å². The molecule has 3 aromatic rings. The lowest BCUT2D eigenvalue weighted by atomic mass is 10.1. The Morgan fingerprint density at radius 3 is 1.78 bits per heavy atom. The molecule has 3 aromatic carbocycles. The summed E-state index contributed by atoms with van der Waals surface area (Å²) in [5, 5.41) is 4.23. The number of hydrogen-bond donors (Lipinski definition) is 1. The molecule has 0 atom stereocenters. The summed E-state index contributed by atoms with van der Waals surface area (Å²) < 4.78 is 0. The summed E-state index contributed by atoms with van der Waals surface area (Å²) in [5.41, 5.74) is 7.64. The Morgan fingerprint density at radius 2 is 1.22 bits per heavy atom. The zero-order valence-electron chi connectivity index (χ0n) is 18.6. The van der Waals surface area contributed by atoms with Crippen LogP contribution in [0.5, 0.6) is 0 Å². The summed E-state index contributed by atoms with van der Waals surface area (Å²) in [7, 11) is 0. The van der Waals surface area contributed by atoms with Gasteiger partial charge in [-0.05, 0) is 35.7 Å². The molecule has 0 aliphatic carbocycles. The molecule has 5 nitrogen and oxygen atoms in total. The molecule has 32 heavy (non-hydrogen) atoms. The van der Waals surface area contributed by atoms with E-state index >= 15 is 0 Å². The highest BCUT2D eigenvalue weighted by Gasteiger charge is 2.17. The Balaban J connectivity index is 1.25. The second-order valence-electron chi connectivity index (χ2n) is 8.24. The molecule has 0 radical (unpaired) electrons. The predicted octanol–water partition coefficient (Wildman–Crippen LogP) is 4.16. The standard InChI is InChI=1S/C27H30N4O/c1-22(25-10-6-3-7-11-25)28-29-27(32)26-14-12-24(13-15-26)21-31-18-16-30(17-19-31)20-23-8-4-2-5-9-23/h2-15H,16-21H2,1H3,(H,29,32)/b28-22-. The maximum Gasteiger partial charge on any atom is 0.271 e. The highest BCUT2D eigenvalue weighted by atomic mass is 16.2. The number of carbonyl (C=O) groups excluding carboxylic acids is 1. The number of piperazine rings is 1. The Morgan fingerprint density at radius 1 is 0.719 bits per heavy atom. The number of benzene rings is 3. The lowest BCUT2D eigenvalue weighted by molar-refractivity contribution is 0.0954. The Hall–Kier alpha value is -3.28. The van der Waals surface area contributed by atoms with Crippen molar-refractivity contribution in [2.24, 2.45) is 5.10 Å². The molecule has 1 saturated heterocycles. The van der Waals surface area contributed by atoms with E-state index in [0.717, 1.165) is 50.5 Å². The third-order valence-electron chi connectivity index (χ3n) is 5.85. The predicted molar refractivity (Wildman–Crippen MR) is 130 cm³/mol. The van der Waals surface area contributed by atoms with E-state index in [2.05, 4.69) is 50.7 Å². The number of hydrazone groups is 1. The van der Waals surface area contributed by atoms with E-state index in [4.69, 9.17) is 0 Å². The Kier molecular flexibility index (Phi) is 7.43. The molecule has 0 aromatic heterocycles. The summed E-state index contributed by atoms with van der Waals surface area (Å²) >= 11 is 0. The summed E-state index contributed by atoms with van der Waals surface area (Å²) in [6.45, 7) is 8.09. The maximum absolute atomic E-state index is 12.4. The van der Waals surface area contributed by atoms with Crippen molar-refractivity contribution in [1.29, 1.82) is 0 Å². The second-order valence-corrected chi connectivity index (χ2v) is 8.24. The molecule has 1 aliphatic heterocycles. The summed E-state index contributed by atoms with van der Waals surface area (Å²) in [4.78, 5) is 17.4. The van der Waals surface area contributed by atoms with Gasteiger partial charge in [0.25, 0.3) is 5.91 Å². The summed E-state index contributed by atoms with van der Waals surface area (Å²) in [6, 6.07) is 28.3. The van der Waals surface area contributed by atoms with Gasteiger partial charge in [-0.1, -0.05) is 72.8 Å². The van der Waals surface area contributed by atoms with Gasteiger partial charge in [0.2, 0.25) is 0 Å². The van der Waals surface area contributed by atoms with Gasteiger partial charge in [-0.3, -0.25) is 14.6 Å². The first-order valence-corrected chi connectivity index (χ1v) is 11.1. The first-order chi connectivity index (χ1) is 15.7. The van der Waals surface area contributed by atoms with E-state index in [1.165, 1.54) is 11.1 Å². The SMILES string of the molecule is C/C(=N/NC(=O)c1ccc(CN2CCN(Cc3ccccc3)CC2)cc1)c1ccccc1. The molecule has 1 fully saturated rings. The van der Waals surface area contributed by atoms with Crippen molar-refractivity contribution in [1.82, 2.24) is 15.2 Å².